The molecule has 4 rings (SSSR count). The van der Waals surface area contributed by atoms with Crippen LogP contribution in [-0.2, 0) is 18.4 Å². The minimum absolute atomic E-state index is 0.0911. The third-order valence-corrected chi connectivity index (χ3v) is 5.14. The van der Waals surface area contributed by atoms with E-state index in [1.807, 2.05) is 55.9 Å². The number of para-hydroxylation sites is 1. The Morgan fingerprint density at radius 1 is 1.23 bits per heavy atom. The van der Waals surface area contributed by atoms with Crippen LogP contribution < -0.4 is 10.9 Å². The van der Waals surface area contributed by atoms with Gasteiger partial charge in [0.1, 0.15) is 5.82 Å². The SMILES string of the molecule is CCn1ncc2c1NC(=O)CC2c1c(C)n(C)n(-c2ccccc2)c1=O. The van der Waals surface area contributed by atoms with E-state index in [2.05, 4.69) is 10.4 Å². The average molecular weight is 351 g/mol. The Morgan fingerprint density at radius 2 is 1.96 bits per heavy atom. The molecule has 3 aromatic rings. The molecular weight excluding hydrogens is 330 g/mol. The van der Waals surface area contributed by atoms with Crippen LogP contribution in [-0.4, -0.2) is 25.1 Å². The van der Waals surface area contributed by atoms with Crippen LogP contribution >= 0.6 is 0 Å². The van der Waals surface area contributed by atoms with Gasteiger partial charge >= 0.3 is 0 Å². The fraction of sp³-hybridized carbons (Fsp3) is 0.316. The van der Waals surface area contributed by atoms with Crippen molar-refractivity contribution in [2.75, 3.05) is 5.32 Å². The zero-order valence-corrected chi connectivity index (χ0v) is 15.1. The first kappa shape index (κ1) is 16.4. The topological polar surface area (TPSA) is 73.8 Å². The molecule has 1 N–H and O–H groups in total. The second-order valence-corrected chi connectivity index (χ2v) is 6.54. The van der Waals surface area contributed by atoms with Gasteiger partial charge < -0.3 is 5.32 Å². The zero-order chi connectivity index (χ0) is 18.4. The van der Waals surface area contributed by atoms with Crippen molar-refractivity contribution < 1.29 is 4.79 Å². The summed E-state index contributed by atoms with van der Waals surface area (Å²) < 4.78 is 5.26. The van der Waals surface area contributed by atoms with Gasteiger partial charge in [-0.2, -0.15) is 5.10 Å². The van der Waals surface area contributed by atoms with Gasteiger partial charge in [-0.15, -0.1) is 0 Å². The predicted molar refractivity (Wildman–Crippen MR) is 98.7 cm³/mol. The van der Waals surface area contributed by atoms with E-state index in [0.717, 1.165) is 16.9 Å². The van der Waals surface area contributed by atoms with Crippen molar-refractivity contribution in [3.8, 4) is 5.69 Å². The molecule has 1 unspecified atom stereocenters. The maximum atomic E-state index is 13.3. The van der Waals surface area contributed by atoms with Crippen molar-refractivity contribution in [1.29, 1.82) is 0 Å². The van der Waals surface area contributed by atoms with Crippen molar-refractivity contribution >= 4 is 11.7 Å². The van der Waals surface area contributed by atoms with E-state index < -0.39 is 0 Å². The lowest BCUT2D eigenvalue weighted by Crippen LogP contribution is -2.28. The molecule has 0 aliphatic carbocycles. The lowest BCUT2D eigenvalue weighted by Gasteiger charge is -2.22. The summed E-state index contributed by atoms with van der Waals surface area (Å²) in [6, 6.07) is 9.53. The highest BCUT2D eigenvalue weighted by atomic mass is 16.2. The number of rotatable bonds is 3. The molecule has 0 spiro atoms. The first-order valence-electron chi connectivity index (χ1n) is 8.72. The maximum absolute atomic E-state index is 13.3. The summed E-state index contributed by atoms with van der Waals surface area (Å²) >= 11 is 0. The molecule has 2 aromatic heterocycles. The van der Waals surface area contributed by atoms with Crippen molar-refractivity contribution in [2.24, 2.45) is 7.05 Å². The number of hydrogen-bond donors (Lipinski definition) is 1. The number of carbonyl (C=O) groups excluding carboxylic acids is 1. The van der Waals surface area contributed by atoms with E-state index >= 15 is 0 Å². The molecule has 0 saturated heterocycles. The fourth-order valence-corrected chi connectivity index (χ4v) is 3.76. The molecule has 3 heterocycles. The van der Waals surface area contributed by atoms with E-state index in [1.165, 1.54) is 0 Å². The highest BCUT2D eigenvalue weighted by Crippen LogP contribution is 2.37. The molecule has 1 atom stereocenters. The van der Waals surface area contributed by atoms with Gasteiger partial charge in [0, 0.05) is 42.8 Å². The molecule has 26 heavy (non-hydrogen) atoms. The van der Waals surface area contributed by atoms with Gasteiger partial charge in [-0.3, -0.25) is 14.3 Å². The third-order valence-electron chi connectivity index (χ3n) is 5.14. The van der Waals surface area contributed by atoms with E-state index in [0.29, 0.717) is 17.9 Å². The molecule has 1 amide bonds. The number of aromatic nitrogens is 4. The summed E-state index contributed by atoms with van der Waals surface area (Å²) in [7, 11) is 1.87. The Balaban J connectivity index is 1.92. The Bertz CT molecular complexity index is 1040. The van der Waals surface area contributed by atoms with Gasteiger partial charge in [-0.05, 0) is 26.0 Å². The molecule has 0 saturated carbocycles. The monoisotopic (exact) mass is 351 g/mol. The molecule has 7 heteroatoms. The van der Waals surface area contributed by atoms with E-state index in [4.69, 9.17) is 0 Å². The highest BCUT2D eigenvalue weighted by Gasteiger charge is 2.34. The van der Waals surface area contributed by atoms with Crippen LogP contribution in [0.25, 0.3) is 5.69 Å². The van der Waals surface area contributed by atoms with Gasteiger partial charge in [0.15, 0.2) is 0 Å². The van der Waals surface area contributed by atoms with E-state index in [-0.39, 0.29) is 23.8 Å². The second kappa shape index (κ2) is 6.01. The standard InChI is InChI=1S/C19H21N5O2/c1-4-23-18-15(11-20-23)14(10-16(25)21-18)17-12(2)22(3)24(19(17)26)13-8-6-5-7-9-13/h5-9,11,14H,4,10H2,1-3H3,(H,21,25). The number of nitrogens with zero attached hydrogens (tertiary/aromatic N) is 4. The van der Waals surface area contributed by atoms with Gasteiger partial charge in [0.05, 0.1) is 11.9 Å². The summed E-state index contributed by atoms with van der Waals surface area (Å²) in [5, 5.41) is 7.26. The normalized spacial score (nSPS) is 16.4. The second-order valence-electron chi connectivity index (χ2n) is 6.54. The first-order valence-corrected chi connectivity index (χ1v) is 8.72. The largest absolute Gasteiger partial charge is 0.311 e. The molecular formula is C19H21N5O2. The third kappa shape index (κ3) is 2.31. The number of carbonyl (C=O) groups is 1. The summed E-state index contributed by atoms with van der Waals surface area (Å²) in [5.74, 6) is 0.317. The number of hydrogen-bond acceptors (Lipinski definition) is 3. The van der Waals surface area contributed by atoms with Crippen molar-refractivity contribution in [2.45, 2.75) is 32.7 Å². The number of nitrogens with one attached hydrogen (secondary N) is 1. The molecule has 1 aliphatic rings. The highest BCUT2D eigenvalue weighted by molar-refractivity contribution is 5.94. The zero-order valence-electron chi connectivity index (χ0n) is 15.1. The summed E-state index contributed by atoms with van der Waals surface area (Å²) in [5.41, 5.74) is 3.12. The molecule has 0 radical (unpaired) electrons. The number of aryl methyl sites for hydroxylation is 1. The van der Waals surface area contributed by atoms with Crippen molar-refractivity contribution in [3.05, 3.63) is 63.7 Å². The molecule has 0 fully saturated rings. The minimum Gasteiger partial charge on any atom is -0.311 e. The predicted octanol–water partition coefficient (Wildman–Crippen LogP) is 2.17. The van der Waals surface area contributed by atoms with Crippen LogP contribution in [0.3, 0.4) is 0 Å². The molecule has 1 aliphatic heterocycles. The van der Waals surface area contributed by atoms with Crippen LogP contribution in [0, 0.1) is 6.92 Å². The first-order chi connectivity index (χ1) is 12.5. The van der Waals surface area contributed by atoms with Crippen molar-refractivity contribution in [3.63, 3.8) is 0 Å². The van der Waals surface area contributed by atoms with Crippen molar-refractivity contribution in [1.82, 2.24) is 19.1 Å². The quantitative estimate of drug-likeness (QED) is 0.786. The van der Waals surface area contributed by atoms with Gasteiger partial charge in [0.2, 0.25) is 5.91 Å². The van der Waals surface area contributed by atoms with E-state index in [1.54, 1.807) is 15.6 Å². The van der Waals surface area contributed by atoms with Crippen LogP contribution in [0.5, 0.6) is 0 Å². The lowest BCUT2D eigenvalue weighted by molar-refractivity contribution is -0.116. The lowest BCUT2D eigenvalue weighted by atomic mass is 9.87. The Labute approximate surface area is 150 Å². The fourth-order valence-electron chi connectivity index (χ4n) is 3.76. The summed E-state index contributed by atoms with van der Waals surface area (Å²) in [6.07, 6.45) is 2.01. The maximum Gasteiger partial charge on any atom is 0.275 e. The number of amides is 1. The molecule has 0 bridgehead atoms. The smallest absolute Gasteiger partial charge is 0.275 e. The Morgan fingerprint density at radius 3 is 2.65 bits per heavy atom. The molecule has 1 aromatic carbocycles. The van der Waals surface area contributed by atoms with Gasteiger partial charge in [-0.25, -0.2) is 9.36 Å². The number of benzene rings is 1. The minimum atomic E-state index is -0.289. The van der Waals surface area contributed by atoms with Crippen LogP contribution in [0.15, 0.2) is 41.3 Å². The van der Waals surface area contributed by atoms with Crippen LogP contribution in [0.4, 0.5) is 5.82 Å². The number of fused-ring (bicyclic) bond motifs is 1. The molecule has 134 valence electrons. The summed E-state index contributed by atoms with van der Waals surface area (Å²) in [6.45, 7) is 4.55. The van der Waals surface area contributed by atoms with E-state index in [9.17, 15) is 9.59 Å². The average Bonchev–Trinajstić information content (AvgIpc) is 3.14. The van der Waals surface area contributed by atoms with Crippen LogP contribution in [0.2, 0.25) is 0 Å². The Hall–Kier alpha value is -3.09. The number of anilines is 1. The van der Waals surface area contributed by atoms with Gasteiger partial charge in [0.25, 0.3) is 5.56 Å². The van der Waals surface area contributed by atoms with Crippen LogP contribution in [0.1, 0.15) is 36.1 Å². The Kier molecular flexibility index (Phi) is 3.79. The molecule has 7 nitrogen and oxygen atoms in total. The summed E-state index contributed by atoms with van der Waals surface area (Å²) in [4.78, 5) is 25.6. The van der Waals surface area contributed by atoms with Gasteiger partial charge in [-0.1, -0.05) is 18.2 Å².